The fourth-order valence-electron chi connectivity index (χ4n) is 1.54. The zero-order valence-electron chi connectivity index (χ0n) is 11.6. The highest BCUT2D eigenvalue weighted by Gasteiger charge is 2.20. The second-order valence-corrected chi connectivity index (χ2v) is 4.49. The fourth-order valence-corrected chi connectivity index (χ4v) is 1.54. The third kappa shape index (κ3) is 4.49. The quantitative estimate of drug-likeness (QED) is 0.725. The van der Waals surface area contributed by atoms with Gasteiger partial charge in [0.25, 0.3) is 0 Å². The second kappa shape index (κ2) is 7.17. The molecule has 0 saturated carbocycles. The summed E-state index contributed by atoms with van der Waals surface area (Å²) in [6.07, 6.45) is 0.0858. The van der Waals surface area contributed by atoms with Crippen molar-refractivity contribution in [2.45, 2.75) is 52.4 Å². The average Bonchev–Trinajstić information content (AvgIpc) is 2.39. The molecule has 1 aromatic rings. The van der Waals surface area contributed by atoms with E-state index in [2.05, 4.69) is 0 Å². The smallest absolute Gasteiger partial charge is 0.335 e. The highest BCUT2D eigenvalue weighted by molar-refractivity contribution is 5.74. The van der Waals surface area contributed by atoms with Gasteiger partial charge >= 0.3 is 5.97 Å². The summed E-state index contributed by atoms with van der Waals surface area (Å²) in [4.78, 5) is 11.7. The molecular weight excluding hydrogens is 228 g/mol. The highest BCUT2D eigenvalue weighted by Crippen LogP contribution is 2.18. The van der Waals surface area contributed by atoms with E-state index in [-0.39, 0.29) is 18.2 Å². The van der Waals surface area contributed by atoms with E-state index in [0.29, 0.717) is 0 Å². The molecule has 0 saturated heterocycles. The van der Waals surface area contributed by atoms with Crippen LogP contribution in [0.5, 0.6) is 0 Å². The summed E-state index contributed by atoms with van der Waals surface area (Å²) in [5, 5.41) is 0. The fraction of sp³-hybridized carbons (Fsp3) is 0.533. The molecule has 1 aromatic carbocycles. The maximum absolute atomic E-state index is 11.7. The first-order chi connectivity index (χ1) is 8.54. The Morgan fingerprint density at radius 1 is 1.17 bits per heavy atom. The first-order valence-electron chi connectivity index (χ1n) is 6.45. The predicted octanol–water partition coefficient (Wildman–Crippen LogP) is 3.49. The van der Waals surface area contributed by atoms with Crippen molar-refractivity contribution in [2.24, 2.45) is 0 Å². The molecule has 0 aliphatic carbocycles. The van der Waals surface area contributed by atoms with Crippen molar-refractivity contribution in [2.75, 3.05) is 0 Å². The van der Waals surface area contributed by atoms with Crippen LogP contribution in [0.1, 0.15) is 45.8 Å². The Labute approximate surface area is 109 Å². The van der Waals surface area contributed by atoms with Crippen molar-refractivity contribution in [3.05, 3.63) is 35.9 Å². The molecule has 0 heterocycles. The van der Waals surface area contributed by atoms with Gasteiger partial charge in [0.05, 0.1) is 12.2 Å². The van der Waals surface area contributed by atoms with Gasteiger partial charge in [0.1, 0.15) is 0 Å². The molecule has 100 valence electrons. The molecule has 0 aliphatic heterocycles. The molecule has 1 rings (SSSR count). The summed E-state index contributed by atoms with van der Waals surface area (Å²) in [7, 11) is 0. The lowest BCUT2D eigenvalue weighted by Gasteiger charge is -2.20. The average molecular weight is 250 g/mol. The van der Waals surface area contributed by atoms with E-state index < -0.39 is 6.10 Å². The number of carbonyl (C=O) groups is 1. The Hall–Kier alpha value is -1.35. The van der Waals surface area contributed by atoms with E-state index in [0.717, 1.165) is 12.0 Å². The SMILES string of the molecule is CCC(C)OC(=O)C(C)OC(C)c1ccccc1. The zero-order chi connectivity index (χ0) is 13.5. The molecular formula is C15H22O3. The molecule has 3 unspecified atom stereocenters. The minimum atomic E-state index is -0.547. The number of hydrogen-bond acceptors (Lipinski definition) is 3. The lowest BCUT2D eigenvalue weighted by atomic mass is 10.1. The van der Waals surface area contributed by atoms with E-state index >= 15 is 0 Å². The Balaban J connectivity index is 2.49. The lowest BCUT2D eigenvalue weighted by Crippen LogP contribution is -2.27. The van der Waals surface area contributed by atoms with E-state index in [4.69, 9.17) is 9.47 Å². The van der Waals surface area contributed by atoms with Gasteiger partial charge in [-0.05, 0) is 32.8 Å². The third-order valence-corrected chi connectivity index (χ3v) is 2.90. The molecule has 3 heteroatoms. The van der Waals surface area contributed by atoms with Crippen LogP contribution in [0.15, 0.2) is 30.3 Å². The molecule has 0 aromatic heterocycles. The number of carbonyl (C=O) groups excluding carboxylic acids is 1. The van der Waals surface area contributed by atoms with Gasteiger partial charge in [-0.2, -0.15) is 0 Å². The van der Waals surface area contributed by atoms with Crippen LogP contribution >= 0.6 is 0 Å². The van der Waals surface area contributed by atoms with Crippen LogP contribution in [0.3, 0.4) is 0 Å². The topological polar surface area (TPSA) is 35.5 Å². The zero-order valence-corrected chi connectivity index (χ0v) is 11.6. The number of hydrogen-bond donors (Lipinski definition) is 0. The summed E-state index contributed by atoms with van der Waals surface area (Å²) in [6.45, 7) is 7.52. The van der Waals surface area contributed by atoms with Gasteiger partial charge in [-0.3, -0.25) is 0 Å². The molecule has 0 aliphatic rings. The predicted molar refractivity (Wildman–Crippen MR) is 71.2 cm³/mol. The summed E-state index contributed by atoms with van der Waals surface area (Å²) in [5.74, 6) is -0.299. The third-order valence-electron chi connectivity index (χ3n) is 2.90. The molecule has 0 amide bonds. The van der Waals surface area contributed by atoms with E-state index in [1.807, 2.05) is 51.1 Å². The highest BCUT2D eigenvalue weighted by atomic mass is 16.6. The molecule has 0 N–H and O–H groups in total. The van der Waals surface area contributed by atoms with Gasteiger partial charge in [0.15, 0.2) is 6.10 Å². The summed E-state index contributed by atoms with van der Waals surface area (Å²) >= 11 is 0. The second-order valence-electron chi connectivity index (χ2n) is 4.49. The summed E-state index contributed by atoms with van der Waals surface area (Å²) in [5.41, 5.74) is 1.06. The van der Waals surface area contributed by atoms with Crippen molar-refractivity contribution in [3.63, 3.8) is 0 Å². The van der Waals surface area contributed by atoms with Gasteiger partial charge in [0, 0.05) is 0 Å². The first-order valence-corrected chi connectivity index (χ1v) is 6.45. The van der Waals surface area contributed by atoms with Gasteiger partial charge in [-0.1, -0.05) is 37.3 Å². The number of ether oxygens (including phenoxy) is 2. The molecule has 0 spiro atoms. The first kappa shape index (κ1) is 14.7. The number of rotatable bonds is 6. The number of esters is 1. The molecule has 18 heavy (non-hydrogen) atoms. The Morgan fingerprint density at radius 2 is 1.78 bits per heavy atom. The maximum atomic E-state index is 11.7. The molecule has 3 nitrogen and oxygen atoms in total. The molecule has 0 fully saturated rings. The largest absolute Gasteiger partial charge is 0.461 e. The van der Waals surface area contributed by atoms with Gasteiger partial charge in [-0.25, -0.2) is 4.79 Å². The maximum Gasteiger partial charge on any atom is 0.335 e. The van der Waals surface area contributed by atoms with Gasteiger partial charge < -0.3 is 9.47 Å². The summed E-state index contributed by atoms with van der Waals surface area (Å²) in [6, 6.07) is 9.83. The van der Waals surface area contributed by atoms with Crippen LogP contribution in [0.2, 0.25) is 0 Å². The van der Waals surface area contributed by atoms with Crippen molar-refractivity contribution in [1.82, 2.24) is 0 Å². The van der Waals surface area contributed by atoms with E-state index in [1.165, 1.54) is 0 Å². The van der Waals surface area contributed by atoms with Crippen LogP contribution < -0.4 is 0 Å². The van der Waals surface area contributed by atoms with Gasteiger partial charge in [0.2, 0.25) is 0 Å². The molecule has 0 radical (unpaired) electrons. The van der Waals surface area contributed by atoms with Crippen molar-refractivity contribution >= 4 is 5.97 Å². The Kier molecular flexibility index (Phi) is 5.86. The lowest BCUT2D eigenvalue weighted by molar-refractivity contribution is -0.164. The van der Waals surface area contributed by atoms with Crippen molar-refractivity contribution in [3.8, 4) is 0 Å². The van der Waals surface area contributed by atoms with Crippen molar-refractivity contribution < 1.29 is 14.3 Å². The standard InChI is InChI=1S/C15H22O3/c1-5-11(2)17-15(16)13(4)18-12(3)14-9-7-6-8-10-14/h6-13H,5H2,1-4H3. The van der Waals surface area contributed by atoms with Gasteiger partial charge in [-0.15, -0.1) is 0 Å². The van der Waals surface area contributed by atoms with Crippen LogP contribution in [0.25, 0.3) is 0 Å². The molecule has 3 atom stereocenters. The van der Waals surface area contributed by atoms with E-state index in [1.54, 1.807) is 6.92 Å². The minimum Gasteiger partial charge on any atom is -0.461 e. The van der Waals surface area contributed by atoms with E-state index in [9.17, 15) is 4.79 Å². The van der Waals surface area contributed by atoms with Crippen LogP contribution in [-0.4, -0.2) is 18.2 Å². The Morgan fingerprint density at radius 3 is 2.33 bits per heavy atom. The Bertz CT molecular complexity index is 361. The monoisotopic (exact) mass is 250 g/mol. The van der Waals surface area contributed by atoms with Crippen LogP contribution in [-0.2, 0) is 14.3 Å². The van der Waals surface area contributed by atoms with Crippen LogP contribution in [0, 0.1) is 0 Å². The molecule has 0 bridgehead atoms. The normalized spacial score (nSPS) is 15.8. The minimum absolute atomic E-state index is 0.0596. The number of benzene rings is 1. The van der Waals surface area contributed by atoms with Crippen molar-refractivity contribution in [1.29, 1.82) is 0 Å². The summed E-state index contributed by atoms with van der Waals surface area (Å²) < 4.78 is 10.9. The van der Waals surface area contributed by atoms with Crippen LogP contribution in [0.4, 0.5) is 0 Å².